The van der Waals surface area contributed by atoms with E-state index in [-0.39, 0.29) is 35.4 Å². The normalized spacial score (nSPS) is 25.8. The van der Waals surface area contributed by atoms with Crippen LogP contribution in [0.3, 0.4) is 0 Å². The number of amides is 3. The summed E-state index contributed by atoms with van der Waals surface area (Å²) in [4.78, 5) is 41.0. The molecular formula is C21H28F2N4O4. The highest BCUT2D eigenvalue weighted by molar-refractivity contribution is 5.95. The molecular weight excluding hydrogens is 410 g/mol. The molecule has 0 aliphatic heterocycles. The smallest absolute Gasteiger partial charge is 0.254 e. The van der Waals surface area contributed by atoms with E-state index in [1.807, 2.05) is 0 Å². The molecule has 3 N–H and O–H groups in total. The maximum absolute atomic E-state index is 13.2. The van der Waals surface area contributed by atoms with Crippen molar-refractivity contribution in [2.24, 2.45) is 11.1 Å². The second-order valence-corrected chi connectivity index (χ2v) is 8.73. The summed E-state index contributed by atoms with van der Waals surface area (Å²) in [7, 11) is 1.52. The zero-order valence-electron chi connectivity index (χ0n) is 17.6. The van der Waals surface area contributed by atoms with Crippen LogP contribution in [0.1, 0.15) is 55.8 Å². The van der Waals surface area contributed by atoms with Crippen LogP contribution in [-0.2, 0) is 9.59 Å². The minimum atomic E-state index is -2.87. The second kappa shape index (κ2) is 8.86. The number of aromatic nitrogens is 1. The standard InChI is InChI=1S/C21H28F2N4O4/c1-20(22,23)6-5-16(25-2)19(30)27(12-28)13-8-21(9-13)10-14(11-21)31-18-15(17(24)29)4-3-7-26-18/h3-4,7,12-14,16,25H,5-6,8-11H2,1-2H3,(H2,24,29). The number of carbonyl (C=O) groups excluding carboxylic acids is 3. The third-order valence-electron chi connectivity index (χ3n) is 6.25. The van der Waals surface area contributed by atoms with Crippen molar-refractivity contribution >= 4 is 18.2 Å². The number of primary amides is 1. The number of alkyl halides is 2. The minimum Gasteiger partial charge on any atom is -0.474 e. The number of likely N-dealkylation sites (N-methyl/N-ethyl adjacent to an activating group) is 1. The number of nitrogens with one attached hydrogen (secondary N) is 1. The largest absolute Gasteiger partial charge is 0.474 e. The Hall–Kier alpha value is -2.62. The molecule has 2 aliphatic carbocycles. The van der Waals surface area contributed by atoms with Gasteiger partial charge in [-0.3, -0.25) is 19.3 Å². The van der Waals surface area contributed by atoms with Gasteiger partial charge in [0.05, 0.1) is 6.04 Å². The zero-order valence-corrected chi connectivity index (χ0v) is 17.6. The highest BCUT2D eigenvalue weighted by Crippen LogP contribution is 2.58. The molecule has 1 heterocycles. The van der Waals surface area contributed by atoms with Crippen LogP contribution in [0.15, 0.2) is 18.3 Å². The number of nitrogens with two attached hydrogens (primary N) is 1. The third kappa shape index (κ3) is 5.17. The molecule has 3 amide bonds. The van der Waals surface area contributed by atoms with E-state index in [9.17, 15) is 23.2 Å². The average Bonchev–Trinajstić information content (AvgIpc) is 2.64. The Kier molecular flexibility index (Phi) is 6.59. The first-order valence-electron chi connectivity index (χ1n) is 10.3. The molecule has 0 saturated heterocycles. The lowest BCUT2D eigenvalue weighted by Gasteiger charge is -2.58. The van der Waals surface area contributed by atoms with Crippen LogP contribution in [0.2, 0.25) is 0 Å². The Morgan fingerprint density at radius 2 is 2.10 bits per heavy atom. The average molecular weight is 438 g/mol. The summed E-state index contributed by atoms with van der Waals surface area (Å²) < 4.78 is 32.1. The molecule has 2 saturated carbocycles. The molecule has 0 radical (unpaired) electrons. The first kappa shape index (κ1) is 23.1. The highest BCUT2D eigenvalue weighted by Gasteiger charge is 2.56. The van der Waals surface area contributed by atoms with Gasteiger partial charge < -0.3 is 15.8 Å². The van der Waals surface area contributed by atoms with Crippen LogP contribution < -0.4 is 15.8 Å². The molecule has 3 rings (SSSR count). The van der Waals surface area contributed by atoms with Gasteiger partial charge in [-0.2, -0.15) is 0 Å². The van der Waals surface area contributed by atoms with Crippen LogP contribution in [0.25, 0.3) is 0 Å². The molecule has 0 bridgehead atoms. The van der Waals surface area contributed by atoms with Crippen molar-refractivity contribution in [3.63, 3.8) is 0 Å². The Bertz CT molecular complexity index is 831. The zero-order chi connectivity index (χ0) is 22.8. The van der Waals surface area contributed by atoms with E-state index in [4.69, 9.17) is 10.5 Å². The van der Waals surface area contributed by atoms with Crippen LogP contribution in [0, 0.1) is 5.41 Å². The molecule has 1 atom stereocenters. The fourth-order valence-corrected chi connectivity index (χ4v) is 4.58. The molecule has 8 nitrogen and oxygen atoms in total. The van der Waals surface area contributed by atoms with Gasteiger partial charge >= 0.3 is 0 Å². The summed E-state index contributed by atoms with van der Waals surface area (Å²) in [6.07, 6.45) is 4.13. The van der Waals surface area contributed by atoms with Gasteiger partial charge in [0.2, 0.25) is 24.1 Å². The van der Waals surface area contributed by atoms with Gasteiger partial charge in [0, 0.05) is 18.7 Å². The number of ether oxygens (including phenoxy) is 1. The highest BCUT2D eigenvalue weighted by atomic mass is 19.3. The van der Waals surface area contributed by atoms with Crippen molar-refractivity contribution in [3.8, 4) is 5.88 Å². The van der Waals surface area contributed by atoms with Crippen molar-refractivity contribution in [1.82, 2.24) is 15.2 Å². The van der Waals surface area contributed by atoms with E-state index in [0.717, 1.165) is 24.7 Å². The quantitative estimate of drug-likeness (QED) is 0.539. The van der Waals surface area contributed by atoms with Crippen LogP contribution in [0.4, 0.5) is 8.78 Å². The maximum Gasteiger partial charge on any atom is 0.254 e. The monoisotopic (exact) mass is 438 g/mol. The predicted molar refractivity (Wildman–Crippen MR) is 107 cm³/mol. The first-order chi connectivity index (χ1) is 14.6. The maximum atomic E-state index is 13.2. The van der Waals surface area contributed by atoms with Crippen molar-refractivity contribution in [3.05, 3.63) is 23.9 Å². The Morgan fingerprint density at radius 3 is 2.65 bits per heavy atom. The minimum absolute atomic E-state index is 0.0237. The van der Waals surface area contributed by atoms with Gasteiger partial charge in [-0.15, -0.1) is 0 Å². The van der Waals surface area contributed by atoms with Gasteiger partial charge in [-0.25, -0.2) is 13.8 Å². The molecule has 2 aliphatic rings. The summed E-state index contributed by atoms with van der Waals surface area (Å²) in [5, 5.41) is 2.74. The van der Waals surface area contributed by atoms with E-state index in [0.29, 0.717) is 19.3 Å². The Morgan fingerprint density at radius 1 is 1.42 bits per heavy atom. The number of rotatable bonds is 10. The van der Waals surface area contributed by atoms with Crippen molar-refractivity contribution in [2.75, 3.05) is 7.05 Å². The van der Waals surface area contributed by atoms with Gasteiger partial charge in [0.15, 0.2) is 0 Å². The third-order valence-corrected chi connectivity index (χ3v) is 6.25. The number of halogens is 2. The number of hydrogen-bond acceptors (Lipinski definition) is 6. The fourth-order valence-electron chi connectivity index (χ4n) is 4.58. The molecule has 10 heteroatoms. The van der Waals surface area contributed by atoms with E-state index in [1.165, 1.54) is 13.2 Å². The number of pyridine rings is 1. The Balaban J connectivity index is 1.52. The SMILES string of the molecule is CNC(CCC(C)(F)F)C(=O)N(C=O)C1CC2(CC(Oc3ncccc3C(N)=O)C2)C1. The van der Waals surface area contributed by atoms with Gasteiger partial charge in [-0.1, -0.05) is 0 Å². The second-order valence-electron chi connectivity index (χ2n) is 8.73. The molecule has 1 spiro atoms. The summed E-state index contributed by atoms with van der Waals surface area (Å²) in [5.74, 6) is -3.75. The van der Waals surface area contributed by atoms with Crippen molar-refractivity contribution in [2.45, 2.75) is 69.6 Å². The lowest BCUT2D eigenvalue weighted by Crippen LogP contribution is -2.61. The molecule has 1 unspecified atom stereocenters. The van der Waals surface area contributed by atoms with Crippen molar-refractivity contribution in [1.29, 1.82) is 0 Å². The lowest BCUT2D eigenvalue weighted by molar-refractivity contribution is -0.156. The topological polar surface area (TPSA) is 115 Å². The first-order valence-corrected chi connectivity index (χ1v) is 10.3. The summed E-state index contributed by atoms with van der Waals surface area (Å²) in [5.41, 5.74) is 5.54. The predicted octanol–water partition coefficient (Wildman–Crippen LogP) is 1.88. The van der Waals surface area contributed by atoms with Gasteiger partial charge in [0.1, 0.15) is 11.7 Å². The molecule has 1 aromatic heterocycles. The Labute approximate surface area is 179 Å². The fraction of sp³-hybridized carbons (Fsp3) is 0.619. The lowest BCUT2D eigenvalue weighted by atomic mass is 9.52. The van der Waals surface area contributed by atoms with Gasteiger partial charge in [-0.05, 0) is 63.6 Å². The number of hydrogen-bond donors (Lipinski definition) is 2. The van der Waals surface area contributed by atoms with Crippen LogP contribution >= 0.6 is 0 Å². The number of carbonyl (C=O) groups is 3. The van der Waals surface area contributed by atoms with Crippen LogP contribution in [0.5, 0.6) is 5.88 Å². The van der Waals surface area contributed by atoms with Crippen LogP contribution in [-0.4, -0.2) is 59.3 Å². The molecule has 2 fully saturated rings. The molecule has 0 aromatic carbocycles. The molecule has 31 heavy (non-hydrogen) atoms. The van der Waals surface area contributed by atoms with E-state index < -0.39 is 30.2 Å². The van der Waals surface area contributed by atoms with E-state index in [1.54, 1.807) is 12.1 Å². The molecule has 1 aromatic rings. The summed E-state index contributed by atoms with van der Waals surface area (Å²) >= 11 is 0. The number of nitrogens with zero attached hydrogens (tertiary/aromatic N) is 2. The summed E-state index contributed by atoms with van der Waals surface area (Å²) in [6.45, 7) is 0.809. The van der Waals surface area contributed by atoms with E-state index in [2.05, 4.69) is 10.3 Å². The number of imide groups is 1. The van der Waals surface area contributed by atoms with Crippen molar-refractivity contribution < 1.29 is 27.9 Å². The summed E-state index contributed by atoms with van der Waals surface area (Å²) in [6, 6.07) is 2.08. The van der Waals surface area contributed by atoms with Gasteiger partial charge in [0.25, 0.3) is 5.91 Å². The van der Waals surface area contributed by atoms with E-state index >= 15 is 0 Å². The molecule has 170 valence electrons.